The van der Waals surface area contributed by atoms with Gasteiger partial charge in [-0.25, -0.2) is 4.79 Å². The lowest BCUT2D eigenvalue weighted by atomic mass is 9.56. The highest BCUT2D eigenvalue weighted by atomic mass is 35.5. The molecule has 0 radical (unpaired) electrons. The second-order valence-electron chi connectivity index (χ2n) is 5.94. The summed E-state index contributed by atoms with van der Waals surface area (Å²) in [7, 11) is 0. The van der Waals surface area contributed by atoms with E-state index in [0.717, 1.165) is 32.6 Å². The van der Waals surface area contributed by atoms with Gasteiger partial charge in [-0.15, -0.1) is 0 Å². The largest absolute Gasteiger partial charge is 0.381 e. The van der Waals surface area contributed by atoms with Crippen molar-refractivity contribution in [2.24, 2.45) is 11.3 Å². The lowest BCUT2D eigenvalue weighted by molar-refractivity contribution is -0.0735. The van der Waals surface area contributed by atoms with E-state index in [2.05, 4.69) is 15.6 Å². The fourth-order valence-corrected chi connectivity index (χ4v) is 3.56. The first-order valence-electron chi connectivity index (χ1n) is 7.41. The van der Waals surface area contributed by atoms with Crippen LogP contribution in [0.5, 0.6) is 0 Å². The number of pyridine rings is 1. The van der Waals surface area contributed by atoms with E-state index in [4.69, 9.17) is 16.3 Å². The fourth-order valence-electron chi connectivity index (χ4n) is 3.38. The molecule has 6 heteroatoms. The summed E-state index contributed by atoms with van der Waals surface area (Å²) in [4.78, 5) is 15.9. The highest BCUT2D eigenvalue weighted by Crippen LogP contribution is 2.52. The van der Waals surface area contributed by atoms with Crippen LogP contribution in [0.25, 0.3) is 0 Å². The number of nitrogens with one attached hydrogen (secondary N) is 2. The van der Waals surface area contributed by atoms with Gasteiger partial charge < -0.3 is 15.4 Å². The molecule has 1 atom stereocenters. The zero-order valence-electron chi connectivity index (χ0n) is 11.9. The molecule has 1 saturated carbocycles. The number of aromatic nitrogens is 1. The molecule has 2 heterocycles. The number of hydrogen-bond donors (Lipinski definition) is 2. The van der Waals surface area contributed by atoms with Crippen LogP contribution in [0, 0.1) is 11.3 Å². The first-order valence-corrected chi connectivity index (χ1v) is 7.79. The van der Waals surface area contributed by atoms with E-state index >= 15 is 0 Å². The van der Waals surface area contributed by atoms with Crippen molar-refractivity contribution in [1.29, 1.82) is 0 Å². The second-order valence-corrected chi connectivity index (χ2v) is 6.37. The summed E-state index contributed by atoms with van der Waals surface area (Å²) in [5, 5.41) is 6.23. The van der Waals surface area contributed by atoms with E-state index in [1.54, 1.807) is 12.3 Å². The molecule has 1 aromatic rings. The summed E-state index contributed by atoms with van der Waals surface area (Å²) in [6.07, 6.45) is 7.82. The minimum atomic E-state index is -0.201. The van der Waals surface area contributed by atoms with Gasteiger partial charge in [0.25, 0.3) is 0 Å². The van der Waals surface area contributed by atoms with Gasteiger partial charge in [-0.3, -0.25) is 4.98 Å². The molecule has 0 aromatic carbocycles. The molecule has 0 bridgehead atoms. The highest BCUT2D eigenvalue weighted by Gasteiger charge is 2.46. The Morgan fingerprint density at radius 3 is 2.86 bits per heavy atom. The van der Waals surface area contributed by atoms with Crippen LogP contribution >= 0.6 is 11.6 Å². The molecule has 5 nitrogen and oxygen atoms in total. The molecule has 2 N–H and O–H groups in total. The van der Waals surface area contributed by atoms with E-state index in [1.807, 2.05) is 0 Å². The zero-order chi connectivity index (χ0) is 14.7. The molecule has 1 spiro atoms. The molecule has 114 valence electrons. The van der Waals surface area contributed by atoms with Crippen molar-refractivity contribution in [1.82, 2.24) is 10.3 Å². The van der Waals surface area contributed by atoms with Crippen LogP contribution in [0.3, 0.4) is 0 Å². The van der Waals surface area contributed by atoms with E-state index in [0.29, 0.717) is 22.0 Å². The lowest BCUT2D eigenvalue weighted by Crippen LogP contribution is -2.49. The normalized spacial score (nSPS) is 23.4. The van der Waals surface area contributed by atoms with Gasteiger partial charge in [-0.2, -0.15) is 0 Å². The van der Waals surface area contributed by atoms with Crippen LogP contribution in [0.15, 0.2) is 18.5 Å². The number of carbonyl (C=O) groups excluding carboxylic acids is 1. The quantitative estimate of drug-likeness (QED) is 0.902. The van der Waals surface area contributed by atoms with E-state index in [-0.39, 0.29) is 6.03 Å². The molecule has 3 rings (SSSR count). The molecule has 2 amide bonds. The van der Waals surface area contributed by atoms with E-state index < -0.39 is 0 Å². The smallest absolute Gasteiger partial charge is 0.319 e. The summed E-state index contributed by atoms with van der Waals surface area (Å²) in [6, 6.07) is 1.48. The molecule has 1 saturated heterocycles. The number of halogens is 1. The SMILES string of the molecule is O=C(NCC1CCC12CCOCC2)Nc1cncc(Cl)c1. The molecular weight excluding hydrogens is 290 g/mol. The van der Waals surface area contributed by atoms with Crippen molar-refractivity contribution < 1.29 is 9.53 Å². The molecule has 2 fully saturated rings. The Bertz CT molecular complexity index is 517. The molecular formula is C15H20ClN3O2. The predicted octanol–water partition coefficient (Wildman–Crippen LogP) is 3.06. The Morgan fingerprint density at radius 1 is 1.38 bits per heavy atom. The number of anilines is 1. The van der Waals surface area contributed by atoms with Crippen LogP contribution in [0.1, 0.15) is 25.7 Å². The maximum Gasteiger partial charge on any atom is 0.319 e. The molecule has 1 aromatic heterocycles. The number of ether oxygens (including phenoxy) is 1. The number of nitrogens with zero attached hydrogens (tertiary/aromatic N) is 1. The van der Waals surface area contributed by atoms with Gasteiger partial charge in [0, 0.05) is 26.0 Å². The molecule has 1 aliphatic heterocycles. The second kappa shape index (κ2) is 6.20. The van der Waals surface area contributed by atoms with Gasteiger partial charge in [0.2, 0.25) is 0 Å². The van der Waals surface area contributed by atoms with Gasteiger partial charge in [0.15, 0.2) is 0 Å². The summed E-state index contributed by atoms with van der Waals surface area (Å²) in [6.45, 7) is 2.44. The van der Waals surface area contributed by atoms with Crippen LogP contribution in [-0.2, 0) is 4.74 Å². The minimum Gasteiger partial charge on any atom is -0.381 e. The van der Waals surface area contributed by atoms with Gasteiger partial charge in [-0.1, -0.05) is 11.6 Å². The Labute approximate surface area is 129 Å². The van der Waals surface area contributed by atoms with Crippen LogP contribution in [0.2, 0.25) is 5.02 Å². The lowest BCUT2D eigenvalue weighted by Gasteiger charge is -2.52. The Hall–Kier alpha value is -1.33. The zero-order valence-corrected chi connectivity index (χ0v) is 12.7. The van der Waals surface area contributed by atoms with E-state index in [9.17, 15) is 4.79 Å². The Morgan fingerprint density at radius 2 is 2.19 bits per heavy atom. The summed E-state index contributed by atoms with van der Waals surface area (Å²) < 4.78 is 5.45. The van der Waals surface area contributed by atoms with Crippen molar-refractivity contribution >= 4 is 23.3 Å². The van der Waals surface area contributed by atoms with E-state index in [1.165, 1.54) is 19.0 Å². The predicted molar refractivity (Wildman–Crippen MR) is 81.5 cm³/mol. The number of hydrogen-bond acceptors (Lipinski definition) is 3. The summed E-state index contributed by atoms with van der Waals surface area (Å²) >= 11 is 5.84. The van der Waals surface area contributed by atoms with Gasteiger partial charge in [-0.05, 0) is 43.1 Å². The first kappa shape index (κ1) is 14.6. The average molecular weight is 310 g/mol. The van der Waals surface area contributed by atoms with Crippen LogP contribution in [0.4, 0.5) is 10.5 Å². The highest BCUT2D eigenvalue weighted by molar-refractivity contribution is 6.30. The van der Waals surface area contributed by atoms with Crippen molar-refractivity contribution in [2.45, 2.75) is 25.7 Å². The molecule has 1 unspecified atom stereocenters. The van der Waals surface area contributed by atoms with Crippen LogP contribution in [-0.4, -0.2) is 30.8 Å². The van der Waals surface area contributed by atoms with Gasteiger partial charge >= 0.3 is 6.03 Å². The monoisotopic (exact) mass is 309 g/mol. The van der Waals surface area contributed by atoms with Crippen LogP contribution < -0.4 is 10.6 Å². The maximum absolute atomic E-state index is 11.9. The van der Waals surface area contributed by atoms with Gasteiger partial charge in [0.05, 0.1) is 16.9 Å². The van der Waals surface area contributed by atoms with Crippen molar-refractivity contribution in [3.63, 3.8) is 0 Å². The first-order chi connectivity index (χ1) is 10.2. The van der Waals surface area contributed by atoms with Gasteiger partial charge in [0.1, 0.15) is 0 Å². The maximum atomic E-state index is 11.9. The molecule has 2 aliphatic rings. The number of amides is 2. The summed E-state index contributed by atoms with van der Waals surface area (Å²) in [5.41, 5.74) is 1.01. The molecule has 21 heavy (non-hydrogen) atoms. The summed E-state index contributed by atoms with van der Waals surface area (Å²) in [5.74, 6) is 0.574. The fraction of sp³-hybridized carbons (Fsp3) is 0.600. The Kier molecular flexibility index (Phi) is 4.31. The van der Waals surface area contributed by atoms with Crippen molar-refractivity contribution in [3.05, 3.63) is 23.5 Å². The van der Waals surface area contributed by atoms with Crippen molar-refractivity contribution in [3.8, 4) is 0 Å². The minimum absolute atomic E-state index is 0.201. The average Bonchev–Trinajstić information content (AvgIpc) is 2.47. The van der Waals surface area contributed by atoms with Crippen molar-refractivity contribution in [2.75, 3.05) is 25.1 Å². The standard InChI is InChI=1S/C15H20ClN3O2/c16-12-7-13(10-17-9-12)19-14(20)18-8-11-1-2-15(11)3-5-21-6-4-15/h7,9-11H,1-6,8H2,(H2,18,19,20). The number of carbonyl (C=O) groups is 1. The third kappa shape index (κ3) is 3.30. The topological polar surface area (TPSA) is 63.2 Å². The Balaban J connectivity index is 1.48. The number of urea groups is 1. The third-order valence-corrected chi connectivity index (χ3v) is 5.02. The third-order valence-electron chi connectivity index (χ3n) is 4.82. The molecule has 1 aliphatic carbocycles. The number of rotatable bonds is 3.